The third kappa shape index (κ3) is 5.60. The highest BCUT2D eigenvalue weighted by Gasteiger charge is 2.28. The maximum absolute atomic E-state index is 12.8. The summed E-state index contributed by atoms with van der Waals surface area (Å²) in [4.78, 5) is 11.6. The van der Waals surface area contributed by atoms with Crippen LogP contribution in [0.15, 0.2) is 23.1 Å². The molecule has 1 fully saturated rings. The Kier molecular flexibility index (Phi) is 6.51. The van der Waals surface area contributed by atoms with Gasteiger partial charge in [0.05, 0.1) is 11.4 Å². The van der Waals surface area contributed by atoms with Crippen LogP contribution in [0.1, 0.15) is 24.8 Å². The van der Waals surface area contributed by atoms with Crippen LogP contribution >= 0.6 is 0 Å². The summed E-state index contributed by atoms with van der Waals surface area (Å²) in [5.41, 5.74) is 0.927. The molecule has 146 valence electrons. The molecule has 1 aromatic carbocycles. The largest absolute Gasteiger partial charge is 0.405 e. The third-order valence-corrected chi connectivity index (χ3v) is 6.10. The maximum Gasteiger partial charge on any atom is 0.405 e. The van der Waals surface area contributed by atoms with Gasteiger partial charge >= 0.3 is 6.18 Å². The Labute approximate surface area is 150 Å². The van der Waals surface area contributed by atoms with Gasteiger partial charge in [0.15, 0.2) is 0 Å². The van der Waals surface area contributed by atoms with E-state index in [4.69, 9.17) is 0 Å². The van der Waals surface area contributed by atoms with Crippen molar-refractivity contribution in [3.05, 3.63) is 23.8 Å². The number of piperidine rings is 1. The average Bonchev–Trinajstić information content (AvgIpc) is 2.59. The summed E-state index contributed by atoms with van der Waals surface area (Å²) in [5.74, 6) is -0.830. The quantitative estimate of drug-likeness (QED) is 0.777. The molecule has 0 unspecified atom stereocenters. The number of nitrogens with zero attached hydrogens (tertiary/aromatic N) is 1. The van der Waals surface area contributed by atoms with Crippen LogP contribution in [0.25, 0.3) is 0 Å². The van der Waals surface area contributed by atoms with Gasteiger partial charge < -0.3 is 10.6 Å². The van der Waals surface area contributed by atoms with E-state index in [0.29, 0.717) is 24.3 Å². The highest BCUT2D eigenvalue weighted by molar-refractivity contribution is 7.89. The number of anilines is 1. The Morgan fingerprint density at radius 2 is 1.85 bits per heavy atom. The Bertz CT molecular complexity index is 745. The molecule has 1 aromatic rings. The van der Waals surface area contributed by atoms with Gasteiger partial charge in [-0.05, 0) is 37.5 Å². The van der Waals surface area contributed by atoms with Crippen molar-refractivity contribution >= 4 is 21.6 Å². The highest BCUT2D eigenvalue weighted by atomic mass is 32.2. The van der Waals surface area contributed by atoms with Crippen molar-refractivity contribution in [2.24, 2.45) is 0 Å². The fraction of sp³-hybridized carbons (Fsp3) is 0.562. The smallest absolute Gasteiger partial charge is 0.376 e. The van der Waals surface area contributed by atoms with Gasteiger partial charge in [0.1, 0.15) is 6.54 Å². The minimum Gasteiger partial charge on any atom is -0.376 e. The SMILES string of the molecule is Cc1ccc(NCC(=O)NCC(F)(F)F)cc1S(=O)(=O)N1CCCCC1. The Balaban J connectivity index is 2.06. The number of amides is 1. The summed E-state index contributed by atoms with van der Waals surface area (Å²) in [6, 6.07) is 4.60. The molecular weight excluding hydrogens is 371 g/mol. The summed E-state index contributed by atoms with van der Waals surface area (Å²) >= 11 is 0. The number of alkyl halides is 3. The predicted octanol–water partition coefficient (Wildman–Crippen LogP) is 2.26. The standard InChI is InChI=1S/C16H22F3N3O3S/c1-12-5-6-13(20-10-15(23)21-11-16(17,18)19)9-14(12)26(24,25)22-7-3-2-4-8-22/h5-6,9,20H,2-4,7-8,10-11H2,1H3,(H,21,23). The molecule has 1 aliphatic rings. The van der Waals surface area contributed by atoms with E-state index >= 15 is 0 Å². The van der Waals surface area contributed by atoms with E-state index in [2.05, 4.69) is 5.32 Å². The maximum atomic E-state index is 12.8. The first-order chi connectivity index (χ1) is 12.1. The number of nitrogens with one attached hydrogen (secondary N) is 2. The van der Waals surface area contributed by atoms with Crippen molar-refractivity contribution in [3.8, 4) is 0 Å². The molecule has 0 aliphatic carbocycles. The van der Waals surface area contributed by atoms with E-state index in [1.807, 2.05) is 0 Å². The molecule has 1 amide bonds. The molecule has 0 spiro atoms. The number of benzene rings is 1. The Hall–Kier alpha value is -1.81. The summed E-state index contributed by atoms with van der Waals surface area (Å²) in [6.07, 6.45) is -1.85. The van der Waals surface area contributed by atoms with Gasteiger partial charge in [-0.3, -0.25) is 4.79 Å². The molecule has 2 rings (SSSR count). The number of carbonyl (C=O) groups is 1. The molecule has 0 aromatic heterocycles. The minimum atomic E-state index is -4.48. The molecule has 0 saturated carbocycles. The number of carbonyl (C=O) groups excluding carboxylic acids is 1. The molecule has 1 saturated heterocycles. The van der Waals surface area contributed by atoms with E-state index in [0.717, 1.165) is 19.3 Å². The van der Waals surface area contributed by atoms with Crippen LogP contribution in [0.4, 0.5) is 18.9 Å². The minimum absolute atomic E-state index is 0.139. The number of rotatable bonds is 6. The van der Waals surface area contributed by atoms with Gasteiger partial charge in [-0.1, -0.05) is 12.5 Å². The van der Waals surface area contributed by atoms with Gasteiger partial charge in [-0.25, -0.2) is 8.42 Å². The van der Waals surface area contributed by atoms with Crippen LogP contribution in [-0.2, 0) is 14.8 Å². The third-order valence-electron chi connectivity index (χ3n) is 4.06. The van der Waals surface area contributed by atoms with Crippen LogP contribution < -0.4 is 10.6 Å². The summed E-state index contributed by atoms with van der Waals surface area (Å²) < 4.78 is 63.3. The van der Waals surface area contributed by atoms with E-state index < -0.39 is 28.7 Å². The lowest BCUT2D eigenvalue weighted by molar-refractivity contribution is -0.137. The van der Waals surface area contributed by atoms with Crippen molar-refractivity contribution in [1.29, 1.82) is 0 Å². The molecule has 1 aliphatic heterocycles. The number of hydrogen-bond acceptors (Lipinski definition) is 4. The van der Waals surface area contributed by atoms with Crippen LogP contribution in [0.5, 0.6) is 0 Å². The van der Waals surface area contributed by atoms with Crippen LogP contribution in [0.2, 0.25) is 0 Å². The van der Waals surface area contributed by atoms with Gasteiger partial charge in [0, 0.05) is 18.8 Å². The predicted molar refractivity (Wildman–Crippen MR) is 91.3 cm³/mol. The number of sulfonamides is 1. The molecule has 0 bridgehead atoms. The van der Waals surface area contributed by atoms with Crippen molar-refractivity contribution in [2.75, 3.05) is 31.5 Å². The lowest BCUT2D eigenvalue weighted by Gasteiger charge is -2.26. The summed E-state index contributed by atoms with van der Waals surface area (Å²) in [6.45, 7) is 0.827. The zero-order valence-electron chi connectivity index (χ0n) is 14.4. The topological polar surface area (TPSA) is 78.5 Å². The molecular formula is C16H22F3N3O3S. The second-order valence-corrected chi connectivity index (χ2v) is 8.10. The molecule has 2 N–H and O–H groups in total. The monoisotopic (exact) mass is 393 g/mol. The fourth-order valence-corrected chi connectivity index (χ4v) is 4.44. The molecule has 1 heterocycles. The first kappa shape index (κ1) is 20.5. The Morgan fingerprint density at radius 3 is 2.46 bits per heavy atom. The lowest BCUT2D eigenvalue weighted by atomic mass is 10.2. The second-order valence-electron chi connectivity index (χ2n) is 6.19. The van der Waals surface area contributed by atoms with Gasteiger partial charge in [0.2, 0.25) is 15.9 Å². The molecule has 0 radical (unpaired) electrons. The zero-order chi connectivity index (χ0) is 19.4. The fourth-order valence-electron chi connectivity index (χ4n) is 2.68. The van der Waals surface area contributed by atoms with E-state index in [1.54, 1.807) is 24.4 Å². The van der Waals surface area contributed by atoms with Gasteiger partial charge in [-0.15, -0.1) is 0 Å². The molecule has 10 heteroatoms. The van der Waals surface area contributed by atoms with Crippen LogP contribution in [-0.4, -0.2) is 51.0 Å². The average molecular weight is 393 g/mol. The highest BCUT2D eigenvalue weighted by Crippen LogP contribution is 2.26. The first-order valence-corrected chi connectivity index (χ1v) is 9.72. The van der Waals surface area contributed by atoms with Crippen LogP contribution in [0, 0.1) is 6.92 Å². The number of hydrogen-bond donors (Lipinski definition) is 2. The number of aryl methyl sites for hydroxylation is 1. The molecule has 0 atom stereocenters. The van der Waals surface area contributed by atoms with E-state index in [1.165, 1.54) is 10.4 Å². The van der Waals surface area contributed by atoms with E-state index in [-0.39, 0.29) is 11.4 Å². The molecule has 6 nitrogen and oxygen atoms in total. The van der Waals surface area contributed by atoms with Crippen molar-refractivity contribution in [1.82, 2.24) is 9.62 Å². The van der Waals surface area contributed by atoms with Crippen LogP contribution in [0.3, 0.4) is 0 Å². The van der Waals surface area contributed by atoms with E-state index in [9.17, 15) is 26.4 Å². The first-order valence-electron chi connectivity index (χ1n) is 8.28. The summed E-state index contributed by atoms with van der Waals surface area (Å²) in [7, 11) is -3.64. The van der Waals surface area contributed by atoms with Crippen molar-refractivity contribution in [2.45, 2.75) is 37.3 Å². The summed E-state index contributed by atoms with van der Waals surface area (Å²) in [5, 5.41) is 4.41. The van der Waals surface area contributed by atoms with Crippen molar-refractivity contribution < 1.29 is 26.4 Å². The number of halogens is 3. The van der Waals surface area contributed by atoms with Gasteiger partial charge in [-0.2, -0.15) is 17.5 Å². The Morgan fingerprint density at radius 1 is 1.19 bits per heavy atom. The zero-order valence-corrected chi connectivity index (χ0v) is 15.2. The second kappa shape index (κ2) is 8.26. The lowest BCUT2D eigenvalue weighted by Crippen LogP contribution is -2.37. The van der Waals surface area contributed by atoms with Gasteiger partial charge in [0.25, 0.3) is 0 Å². The normalized spacial score (nSPS) is 16.3. The van der Waals surface area contributed by atoms with Crippen molar-refractivity contribution in [3.63, 3.8) is 0 Å². The molecule has 26 heavy (non-hydrogen) atoms.